The fourth-order valence-corrected chi connectivity index (χ4v) is 3.96. The van der Waals surface area contributed by atoms with E-state index in [0.29, 0.717) is 24.1 Å². The third-order valence-corrected chi connectivity index (χ3v) is 5.69. The second kappa shape index (κ2) is 9.85. The number of benzene rings is 2. The number of aliphatic hydroxyl groups excluding tert-OH is 2. The summed E-state index contributed by atoms with van der Waals surface area (Å²) in [6.45, 7) is 4.53. The van der Waals surface area contributed by atoms with Crippen molar-refractivity contribution < 1.29 is 19.9 Å². The van der Waals surface area contributed by atoms with Gasteiger partial charge in [0, 0.05) is 25.1 Å². The summed E-state index contributed by atoms with van der Waals surface area (Å²) in [7, 11) is 0. The van der Waals surface area contributed by atoms with E-state index in [-0.39, 0.29) is 36.6 Å². The molecule has 7 nitrogen and oxygen atoms in total. The lowest BCUT2D eigenvalue weighted by atomic mass is 9.89. The smallest absolute Gasteiger partial charge is 0.285 e. The fraction of sp³-hybridized carbons (Fsp3) is 0.375. The first kappa shape index (κ1) is 22.7. The van der Waals surface area contributed by atoms with Crippen LogP contribution in [0.15, 0.2) is 42.5 Å². The van der Waals surface area contributed by atoms with Crippen LogP contribution in [-0.2, 0) is 4.79 Å². The average molecular weight is 423 g/mol. The standard InChI is InChI=1S/C24H27N2O5/c1-16(2)19-7-3-4-8-20(19)24-17(6-5-9-21(24)26(30)31)10-11-23(29)25-13-12-22(28)18(14-25)15-27/h3-8,10-11,16,18,22,27-28H,12-15H2,1-2H3/b11-10+. The van der Waals surface area contributed by atoms with Crippen LogP contribution in [0.25, 0.3) is 17.2 Å². The minimum atomic E-state index is -0.621. The number of aliphatic hydroxyl groups is 2. The van der Waals surface area contributed by atoms with E-state index in [4.69, 9.17) is 0 Å². The molecule has 1 fully saturated rings. The molecule has 163 valence electrons. The van der Waals surface area contributed by atoms with Crippen LogP contribution in [0.5, 0.6) is 0 Å². The number of nitro benzene ring substituents is 1. The second-order valence-electron chi connectivity index (χ2n) is 8.07. The summed E-state index contributed by atoms with van der Waals surface area (Å²) in [4.78, 5) is 25.6. The molecule has 2 N–H and O–H groups in total. The molecule has 2 unspecified atom stereocenters. The van der Waals surface area contributed by atoms with Gasteiger partial charge in [-0.15, -0.1) is 0 Å². The van der Waals surface area contributed by atoms with Crippen molar-refractivity contribution in [1.82, 2.24) is 4.90 Å². The van der Waals surface area contributed by atoms with Crippen molar-refractivity contribution in [2.24, 2.45) is 5.92 Å². The van der Waals surface area contributed by atoms with Gasteiger partial charge in [-0.25, -0.2) is 0 Å². The van der Waals surface area contributed by atoms with E-state index >= 15 is 0 Å². The Morgan fingerprint density at radius 1 is 1.35 bits per heavy atom. The highest BCUT2D eigenvalue weighted by Crippen LogP contribution is 2.38. The number of carbonyl (C=O) groups is 1. The molecule has 1 heterocycles. The molecule has 0 aliphatic carbocycles. The molecule has 0 spiro atoms. The number of hydrogen-bond donors (Lipinski definition) is 2. The molecule has 0 saturated carbocycles. The van der Waals surface area contributed by atoms with Crippen LogP contribution in [0.4, 0.5) is 5.69 Å². The van der Waals surface area contributed by atoms with Gasteiger partial charge < -0.3 is 15.1 Å². The maximum absolute atomic E-state index is 12.7. The van der Waals surface area contributed by atoms with E-state index < -0.39 is 11.0 Å². The van der Waals surface area contributed by atoms with Gasteiger partial charge in [0.05, 0.1) is 29.3 Å². The van der Waals surface area contributed by atoms with E-state index in [1.54, 1.807) is 17.0 Å². The molecule has 1 aliphatic rings. The van der Waals surface area contributed by atoms with Crippen LogP contribution >= 0.6 is 0 Å². The van der Waals surface area contributed by atoms with Gasteiger partial charge in [0.25, 0.3) is 5.69 Å². The Kier molecular flexibility index (Phi) is 7.20. The number of piperidine rings is 1. The highest BCUT2D eigenvalue weighted by Gasteiger charge is 2.29. The van der Waals surface area contributed by atoms with Crippen LogP contribution in [0.1, 0.15) is 37.3 Å². The zero-order chi connectivity index (χ0) is 22.5. The van der Waals surface area contributed by atoms with Gasteiger partial charge in [0.15, 0.2) is 0 Å². The Labute approximate surface area is 181 Å². The average Bonchev–Trinajstić information content (AvgIpc) is 2.77. The van der Waals surface area contributed by atoms with Crippen molar-refractivity contribution in [3.05, 3.63) is 69.8 Å². The van der Waals surface area contributed by atoms with E-state index in [2.05, 4.69) is 6.07 Å². The molecule has 1 radical (unpaired) electrons. The molecule has 1 saturated heterocycles. The van der Waals surface area contributed by atoms with Crippen molar-refractivity contribution in [3.8, 4) is 11.1 Å². The first-order chi connectivity index (χ1) is 14.8. The molecule has 2 aromatic carbocycles. The lowest BCUT2D eigenvalue weighted by molar-refractivity contribution is -0.384. The zero-order valence-corrected chi connectivity index (χ0v) is 17.7. The van der Waals surface area contributed by atoms with Crippen molar-refractivity contribution in [2.45, 2.75) is 32.3 Å². The van der Waals surface area contributed by atoms with E-state index in [1.165, 1.54) is 12.1 Å². The molecule has 3 rings (SSSR count). The summed E-state index contributed by atoms with van der Waals surface area (Å²) in [5.41, 5.74) is 2.58. The second-order valence-corrected chi connectivity index (χ2v) is 8.07. The Bertz CT molecular complexity index is 986. The summed E-state index contributed by atoms with van der Waals surface area (Å²) in [6, 6.07) is 13.5. The molecule has 0 aromatic heterocycles. The lowest BCUT2D eigenvalue weighted by Gasteiger charge is -2.34. The van der Waals surface area contributed by atoms with Crippen molar-refractivity contribution in [2.75, 3.05) is 19.7 Å². The summed E-state index contributed by atoms with van der Waals surface area (Å²) in [6.07, 6.45) is 2.77. The number of carbonyl (C=O) groups excluding carboxylic acids is 1. The van der Waals surface area contributed by atoms with Crippen molar-refractivity contribution in [1.29, 1.82) is 0 Å². The fourth-order valence-electron chi connectivity index (χ4n) is 3.96. The predicted molar refractivity (Wildman–Crippen MR) is 118 cm³/mol. The molecule has 31 heavy (non-hydrogen) atoms. The maximum Gasteiger partial charge on any atom is 0.285 e. The number of amides is 1. The maximum atomic E-state index is 12.7. The largest absolute Gasteiger partial charge is 0.396 e. The van der Waals surface area contributed by atoms with Gasteiger partial charge >= 0.3 is 0 Å². The predicted octanol–water partition coefficient (Wildman–Crippen LogP) is 3.40. The summed E-state index contributed by atoms with van der Waals surface area (Å²) in [5.74, 6) is -0.472. The Morgan fingerprint density at radius 3 is 2.77 bits per heavy atom. The first-order valence-electron chi connectivity index (χ1n) is 10.4. The molecule has 2 atom stereocenters. The van der Waals surface area contributed by atoms with Gasteiger partial charge in [0.1, 0.15) is 0 Å². The third kappa shape index (κ3) is 5.00. The monoisotopic (exact) mass is 423 g/mol. The Morgan fingerprint density at radius 2 is 2.10 bits per heavy atom. The van der Waals surface area contributed by atoms with Crippen LogP contribution < -0.4 is 0 Å². The van der Waals surface area contributed by atoms with Crippen LogP contribution in [0, 0.1) is 22.1 Å². The van der Waals surface area contributed by atoms with Crippen molar-refractivity contribution >= 4 is 17.7 Å². The van der Waals surface area contributed by atoms with E-state index in [0.717, 1.165) is 11.1 Å². The summed E-state index contributed by atoms with van der Waals surface area (Å²) >= 11 is 0. The van der Waals surface area contributed by atoms with E-state index in [1.807, 2.05) is 38.1 Å². The van der Waals surface area contributed by atoms with Gasteiger partial charge in [-0.3, -0.25) is 14.9 Å². The number of hydrogen-bond acceptors (Lipinski definition) is 5. The Balaban J connectivity index is 1.98. The number of rotatable bonds is 6. The molecular weight excluding hydrogens is 396 g/mol. The molecule has 0 bridgehead atoms. The summed E-state index contributed by atoms with van der Waals surface area (Å²) < 4.78 is 0. The third-order valence-electron chi connectivity index (χ3n) is 5.69. The number of likely N-dealkylation sites (tertiary alicyclic amines) is 1. The van der Waals surface area contributed by atoms with Gasteiger partial charge in [-0.1, -0.05) is 44.2 Å². The van der Waals surface area contributed by atoms with Gasteiger partial charge in [-0.2, -0.15) is 0 Å². The van der Waals surface area contributed by atoms with Gasteiger partial charge in [-0.05, 0) is 41.2 Å². The number of nitrogens with zero attached hydrogens (tertiary/aromatic N) is 2. The summed E-state index contributed by atoms with van der Waals surface area (Å²) in [5, 5.41) is 31.1. The van der Waals surface area contributed by atoms with Crippen LogP contribution in [0.3, 0.4) is 0 Å². The molecule has 1 amide bonds. The van der Waals surface area contributed by atoms with Crippen molar-refractivity contribution in [3.63, 3.8) is 0 Å². The van der Waals surface area contributed by atoms with Crippen LogP contribution in [0.2, 0.25) is 0 Å². The quantitative estimate of drug-likeness (QED) is 0.421. The molecule has 7 heteroatoms. The lowest BCUT2D eigenvalue weighted by Crippen LogP contribution is -2.46. The van der Waals surface area contributed by atoms with Gasteiger partial charge in [0.2, 0.25) is 5.91 Å². The SMILES string of the molecule is CC(C)c1ccccc1-c1c([N+](=O)[O-])[c]ccc1/C=C/C(=O)N1CCC(O)C(CO)C1. The molecular formula is C24H27N2O5. The Hall–Kier alpha value is -3.03. The topological polar surface area (TPSA) is 104 Å². The van der Waals surface area contributed by atoms with E-state index in [9.17, 15) is 25.1 Å². The number of nitro groups is 1. The van der Waals surface area contributed by atoms with Crippen LogP contribution in [-0.4, -0.2) is 51.7 Å². The minimum Gasteiger partial charge on any atom is -0.396 e. The molecule has 2 aromatic rings. The highest BCUT2D eigenvalue weighted by molar-refractivity contribution is 5.94. The highest BCUT2D eigenvalue weighted by atomic mass is 16.6. The minimum absolute atomic E-state index is 0.135. The zero-order valence-electron chi connectivity index (χ0n) is 17.7. The molecule has 1 aliphatic heterocycles. The normalized spacial score (nSPS) is 19.2. The first-order valence-corrected chi connectivity index (χ1v) is 10.4.